The van der Waals surface area contributed by atoms with Crippen molar-refractivity contribution in [1.29, 1.82) is 5.26 Å². The maximum absolute atomic E-state index is 13.9. The molecule has 2 N–H and O–H groups in total. The van der Waals surface area contributed by atoms with Gasteiger partial charge in [-0.3, -0.25) is 4.79 Å². The van der Waals surface area contributed by atoms with E-state index in [4.69, 9.17) is 0 Å². The molecule has 8 nitrogen and oxygen atoms in total. The lowest BCUT2D eigenvalue weighted by atomic mass is 10.0. The number of rotatable bonds is 7. The van der Waals surface area contributed by atoms with Crippen LogP contribution in [0.4, 0.5) is 9.18 Å². The van der Waals surface area contributed by atoms with Crippen molar-refractivity contribution in [3.05, 3.63) is 60.2 Å². The van der Waals surface area contributed by atoms with Gasteiger partial charge in [0.25, 0.3) is 0 Å². The second-order valence-electron chi connectivity index (χ2n) is 8.78. The topological polar surface area (TPSA) is 128 Å². The minimum absolute atomic E-state index is 0.205. The minimum Gasteiger partial charge on any atom is -0.465 e. The average Bonchev–Trinajstić information content (AvgIpc) is 3.18. The summed E-state index contributed by atoms with van der Waals surface area (Å²) in [5, 5.41) is 20.5. The molecule has 0 spiro atoms. The second kappa shape index (κ2) is 9.81. The summed E-state index contributed by atoms with van der Waals surface area (Å²) in [6, 6.07) is 15.4. The molecule has 0 radical (unpaired) electrons. The molecule has 1 heterocycles. The number of nitrogens with one attached hydrogen (secondary N) is 1. The van der Waals surface area contributed by atoms with Crippen molar-refractivity contribution in [3.63, 3.8) is 0 Å². The minimum atomic E-state index is -4.10. The van der Waals surface area contributed by atoms with Gasteiger partial charge in [0.05, 0.1) is 23.1 Å². The Hall–Kier alpha value is -3.45. The monoisotopic (exact) mass is 487 g/mol. The van der Waals surface area contributed by atoms with Crippen LogP contribution in [-0.4, -0.2) is 60.0 Å². The van der Waals surface area contributed by atoms with E-state index < -0.39 is 57.1 Å². The highest BCUT2D eigenvalue weighted by molar-refractivity contribution is 7.92. The molecule has 1 saturated heterocycles. The lowest BCUT2D eigenvalue weighted by Gasteiger charge is -2.35. The van der Waals surface area contributed by atoms with E-state index in [-0.39, 0.29) is 6.42 Å². The van der Waals surface area contributed by atoms with Crippen LogP contribution in [0.1, 0.15) is 25.8 Å². The first kappa shape index (κ1) is 25.2. The molecule has 2 aromatic rings. The van der Waals surface area contributed by atoms with Crippen LogP contribution < -0.4 is 5.32 Å². The normalized spacial score (nSPS) is 19.3. The predicted octanol–water partition coefficient (Wildman–Crippen LogP) is 3.15. The van der Waals surface area contributed by atoms with Gasteiger partial charge in [0, 0.05) is 6.42 Å². The largest absolute Gasteiger partial charge is 0.465 e. The van der Waals surface area contributed by atoms with Crippen LogP contribution in [0.15, 0.2) is 54.6 Å². The number of halogens is 1. The van der Waals surface area contributed by atoms with E-state index in [1.54, 1.807) is 24.3 Å². The summed E-state index contributed by atoms with van der Waals surface area (Å²) in [6.07, 6.45) is -3.25. The third-order valence-electron chi connectivity index (χ3n) is 6.11. The molecule has 3 atom stereocenters. The van der Waals surface area contributed by atoms with E-state index >= 15 is 0 Å². The number of hydrogen-bond donors (Lipinski definition) is 2. The molecule has 10 heteroatoms. The van der Waals surface area contributed by atoms with Crippen LogP contribution in [0.5, 0.6) is 0 Å². The molecule has 1 aliphatic rings. The molecule has 2 aromatic carbocycles. The van der Waals surface area contributed by atoms with Gasteiger partial charge in [0.1, 0.15) is 18.3 Å². The maximum atomic E-state index is 13.9. The molecule has 180 valence electrons. The molecule has 1 fully saturated rings. The number of likely N-dealkylation sites (tertiary alicyclic amines) is 1. The fourth-order valence-electron chi connectivity index (χ4n) is 3.98. The van der Waals surface area contributed by atoms with Crippen LogP contribution >= 0.6 is 0 Å². The fourth-order valence-corrected chi connectivity index (χ4v) is 5.50. The Labute approximate surface area is 197 Å². The van der Waals surface area contributed by atoms with Gasteiger partial charge in [0.15, 0.2) is 9.84 Å². The Balaban J connectivity index is 1.87. The van der Waals surface area contributed by atoms with Crippen LogP contribution in [0.3, 0.4) is 0 Å². The van der Waals surface area contributed by atoms with Gasteiger partial charge < -0.3 is 15.3 Å². The summed E-state index contributed by atoms with van der Waals surface area (Å²) >= 11 is 0. The molecule has 3 rings (SSSR count). The Kier molecular flexibility index (Phi) is 7.26. The first-order valence-electron chi connectivity index (χ1n) is 10.7. The standard InChI is InChI=1S/C24H26FN3O5S/c1-24(2,21(27-23(30)31)22(29)28-14-19(25)12-20(28)13-26)34(32,33)15-16-8-10-18(11-9-16)17-6-4-3-5-7-17/h3-11,19-21,27H,12,14-15H2,1-2H3,(H,30,31)/t19-,20-,21+/m0/s1. The van der Waals surface area contributed by atoms with E-state index in [2.05, 4.69) is 0 Å². The third-order valence-corrected chi connectivity index (χ3v) is 8.66. The first-order chi connectivity index (χ1) is 16.0. The van der Waals surface area contributed by atoms with Gasteiger partial charge >= 0.3 is 6.09 Å². The highest BCUT2D eigenvalue weighted by Gasteiger charge is 2.50. The number of carbonyl (C=O) groups excluding carboxylic acids is 1. The van der Waals surface area contributed by atoms with E-state index in [9.17, 15) is 32.8 Å². The highest BCUT2D eigenvalue weighted by Crippen LogP contribution is 2.30. The fraction of sp³-hybridized carbons (Fsp3) is 0.375. The van der Waals surface area contributed by atoms with Gasteiger partial charge in [-0.1, -0.05) is 54.6 Å². The summed E-state index contributed by atoms with van der Waals surface area (Å²) in [6.45, 7) is 2.11. The third kappa shape index (κ3) is 5.20. The van der Waals surface area contributed by atoms with Crippen LogP contribution in [-0.2, 0) is 20.4 Å². The van der Waals surface area contributed by atoms with E-state index in [1.165, 1.54) is 13.8 Å². The molecule has 0 saturated carbocycles. The molecule has 1 aliphatic heterocycles. The van der Waals surface area contributed by atoms with Crippen molar-refractivity contribution >= 4 is 21.8 Å². The van der Waals surface area contributed by atoms with Crippen LogP contribution in [0.2, 0.25) is 0 Å². The van der Waals surface area contributed by atoms with Gasteiger partial charge in [0.2, 0.25) is 5.91 Å². The Morgan fingerprint density at radius 1 is 1.18 bits per heavy atom. The summed E-state index contributed by atoms with van der Waals surface area (Å²) in [5.41, 5.74) is 2.34. The predicted molar refractivity (Wildman–Crippen MR) is 124 cm³/mol. The van der Waals surface area contributed by atoms with E-state index in [0.717, 1.165) is 16.0 Å². The summed E-state index contributed by atoms with van der Waals surface area (Å²) in [4.78, 5) is 25.5. The number of benzene rings is 2. The van der Waals surface area contributed by atoms with E-state index in [1.807, 2.05) is 41.7 Å². The van der Waals surface area contributed by atoms with Crippen molar-refractivity contribution < 1.29 is 27.5 Å². The van der Waals surface area contributed by atoms with Crippen molar-refractivity contribution in [2.45, 2.75) is 49.0 Å². The zero-order valence-electron chi connectivity index (χ0n) is 18.8. The summed E-state index contributed by atoms with van der Waals surface area (Å²) < 4.78 is 38.8. The Morgan fingerprint density at radius 3 is 2.32 bits per heavy atom. The maximum Gasteiger partial charge on any atom is 0.405 e. The number of alkyl halides is 1. The number of nitriles is 1. The van der Waals surface area contributed by atoms with Gasteiger partial charge in [-0.15, -0.1) is 0 Å². The van der Waals surface area contributed by atoms with Crippen LogP contribution in [0, 0.1) is 11.3 Å². The quantitative estimate of drug-likeness (QED) is 0.618. The number of carboxylic acid groups (broad SMARTS) is 1. The van der Waals surface area contributed by atoms with Crippen LogP contribution in [0.25, 0.3) is 11.1 Å². The lowest BCUT2D eigenvalue weighted by molar-refractivity contribution is -0.134. The number of nitrogens with zero attached hydrogens (tertiary/aromatic N) is 2. The second-order valence-corrected chi connectivity index (χ2v) is 11.3. The van der Waals surface area contributed by atoms with Crippen molar-refractivity contribution in [2.24, 2.45) is 0 Å². The molecule has 0 unspecified atom stereocenters. The molecular weight excluding hydrogens is 461 g/mol. The number of carbonyl (C=O) groups is 2. The summed E-state index contributed by atoms with van der Waals surface area (Å²) in [7, 11) is -4.10. The highest BCUT2D eigenvalue weighted by atomic mass is 32.2. The zero-order valence-corrected chi connectivity index (χ0v) is 19.6. The number of sulfone groups is 1. The van der Waals surface area contributed by atoms with E-state index in [0.29, 0.717) is 5.56 Å². The van der Waals surface area contributed by atoms with Crippen molar-refractivity contribution in [2.75, 3.05) is 6.54 Å². The number of amides is 2. The molecule has 0 bridgehead atoms. The molecular formula is C24H26FN3O5S. The molecule has 2 amide bonds. The van der Waals surface area contributed by atoms with Gasteiger partial charge in [-0.2, -0.15) is 5.26 Å². The summed E-state index contributed by atoms with van der Waals surface area (Å²) in [5.74, 6) is -1.38. The molecule has 0 aliphatic carbocycles. The average molecular weight is 488 g/mol. The first-order valence-corrected chi connectivity index (χ1v) is 12.3. The van der Waals surface area contributed by atoms with Gasteiger partial charge in [-0.25, -0.2) is 17.6 Å². The number of hydrogen-bond acceptors (Lipinski definition) is 5. The Morgan fingerprint density at radius 2 is 1.76 bits per heavy atom. The molecule has 0 aromatic heterocycles. The van der Waals surface area contributed by atoms with Gasteiger partial charge in [-0.05, 0) is 30.5 Å². The smallest absolute Gasteiger partial charge is 0.405 e. The van der Waals surface area contributed by atoms with Crippen molar-refractivity contribution in [3.8, 4) is 17.2 Å². The Bertz CT molecular complexity index is 1190. The molecule has 34 heavy (non-hydrogen) atoms. The van der Waals surface area contributed by atoms with Crippen molar-refractivity contribution in [1.82, 2.24) is 10.2 Å². The zero-order chi connectivity index (χ0) is 25.1. The lowest BCUT2D eigenvalue weighted by Crippen LogP contribution is -2.61. The SMILES string of the molecule is CC(C)([C@H](NC(=O)O)C(=O)N1C[C@@H](F)C[C@H]1C#N)S(=O)(=O)Cc1ccc(-c2ccccc2)cc1.